The van der Waals surface area contributed by atoms with Crippen molar-refractivity contribution in [1.82, 2.24) is 5.32 Å². The van der Waals surface area contributed by atoms with E-state index in [1.54, 1.807) is 24.3 Å². The van der Waals surface area contributed by atoms with E-state index in [1.807, 2.05) is 6.92 Å². The van der Waals surface area contributed by atoms with Gasteiger partial charge in [0.1, 0.15) is 0 Å². The van der Waals surface area contributed by atoms with Gasteiger partial charge in [0.05, 0.1) is 0 Å². The molecule has 3 nitrogen and oxygen atoms in total. The molecular formula is C10H10Cl3NO2. The zero-order chi connectivity index (χ0) is 12.3. The number of amides is 1. The number of carbonyl (C=O) groups is 1. The minimum absolute atomic E-state index is 0.388. The van der Waals surface area contributed by atoms with Crippen molar-refractivity contribution in [2.45, 2.75) is 16.9 Å². The van der Waals surface area contributed by atoms with Crippen molar-refractivity contribution in [3.63, 3.8) is 0 Å². The Hall–Kier alpha value is -0.480. The van der Waals surface area contributed by atoms with Gasteiger partial charge in [-0.1, -0.05) is 52.5 Å². The van der Waals surface area contributed by atoms with Crippen LogP contribution in [0.25, 0.3) is 0 Å². The van der Waals surface area contributed by atoms with Crippen molar-refractivity contribution in [1.29, 1.82) is 0 Å². The van der Waals surface area contributed by atoms with Crippen molar-refractivity contribution >= 4 is 40.7 Å². The predicted octanol–water partition coefficient (Wildman–Crippen LogP) is 2.41. The largest absolute Gasteiger partial charge is 0.369 e. The molecule has 1 atom stereocenters. The monoisotopic (exact) mass is 281 g/mol. The number of aliphatic hydroxyl groups excluding tert-OH is 1. The van der Waals surface area contributed by atoms with Gasteiger partial charge in [-0.2, -0.15) is 0 Å². The maximum absolute atomic E-state index is 11.6. The third kappa shape index (κ3) is 3.83. The van der Waals surface area contributed by atoms with Crippen LogP contribution < -0.4 is 5.32 Å². The van der Waals surface area contributed by atoms with Crippen LogP contribution in [0.1, 0.15) is 15.9 Å². The van der Waals surface area contributed by atoms with Crippen LogP contribution in [0.2, 0.25) is 0 Å². The molecule has 0 aliphatic carbocycles. The Morgan fingerprint density at radius 1 is 1.31 bits per heavy atom. The molecule has 16 heavy (non-hydrogen) atoms. The molecule has 1 aromatic carbocycles. The molecule has 0 saturated heterocycles. The normalized spacial score (nSPS) is 13.3. The molecule has 88 valence electrons. The lowest BCUT2D eigenvalue weighted by Crippen LogP contribution is -2.43. The van der Waals surface area contributed by atoms with Gasteiger partial charge in [-0.05, 0) is 19.1 Å². The van der Waals surface area contributed by atoms with Crippen molar-refractivity contribution in [2.24, 2.45) is 0 Å². The summed E-state index contributed by atoms with van der Waals surface area (Å²) in [7, 11) is 0. The smallest absolute Gasteiger partial charge is 0.253 e. The summed E-state index contributed by atoms with van der Waals surface area (Å²) < 4.78 is -1.94. The summed E-state index contributed by atoms with van der Waals surface area (Å²) in [5, 5.41) is 11.5. The van der Waals surface area contributed by atoms with Crippen LogP contribution in [-0.4, -0.2) is 21.0 Å². The molecule has 0 saturated carbocycles. The summed E-state index contributed by atoms with van der Waals surface area (Å²) in [6, 6.07) is 6.79. The maximum atomic E-state index is 11.6. The number of alkyl halides is 3. The minimum Gasteiger partial charge on any atom is -0.369 e. The highest BCUT2D eigenvalue weighted by molar-refractivity contribution is 6.68. The summed E-state index contributed by atoms with van der Waals surface area (Å²) in [6.45, 7) is 1.90. The second-order valence-electron chi connectivity index (χ2n) is 3.28. The van der Waals surface area contributed by atoms with Crippen LogP contribution in [0.15, 0.2) is 24.3 Å². The number of hydrogen-bond donors (Lipinski definition) is 2. The zero-order valence-corrected chi connectivity index (χ0v) is 10.6. The van der Waals surface area contributed by atoms with Gasteiger partial charge in [-0.25, -0.2) is 0 Å². The van der Waals surface area contributed by atoms with E-state index in [0.717, 1.165) is 5.56 Å². The number of rotatable bonds is 2. The van der Waals surface area contributed by atoms with E-state index >= 15 is 0 Å². The Morgan fingerprint density at radius 2 is 1.81 bits per heavy atom. The molecule has 0 bridgehead atoms. The van der Waals surface area contributed by atoms with Gasteiger partial charge in [-0.15, -0.1) is 0 Å². The van der Waals surface area contributed by atoms with Gasteiger partial charge in [0.2, 0.25) is 3.79 Å². The van der Waals surface area contributed by atoms with Crippen molar-refractivity contribution in [3.8, 4) is 0 Å². The van der Waals surface area contributed by atoms with Gasteiger partial charge in [0.25, 0.3) is 5.91 Å². The Morgan fingerprint density at radius 3 is 2.25 bits per heavy atom. The molecule has 1 aromatic rings. The quantitative estimate of drug-likeness (QED) is 0.646. The summed E-state index contributed by atoms with van der Waals surface area (Å²) in [5.74, 6) is -0.501. The molecule has 0 unspecified atom stereocenters. The molecule has 0 aliphatic rings. The molecule has 0 fully saturated rings. The molecular weight excluding hydrogens is 272 g/mol. The highest BCUT2D eigenvalue weighted by atomic mass is 35.6. The van der Waals surface area contributed by atoms with Crippen LogP contribution in [0.4, 0.5) is 0 Å². The molecule has 0 aromatic heterocycles. The topological polar surface area (TPSA) is 49.3 Å². The van der Waals surface area contributed by atoms with E-state index in [2.05, 4.69) is 5.32 Å². The maximum Gasteiger partial charge on any atom is 0.253 e. The second kappa shape index (κ2) is 5.23. The number of hydrogen-bond acceptors (Lipinski definition) is 2. The second-order valence-corrected chi connectivity index (χ2v) is 5.65. The van der Waals surface area contributed by atoms with E-state index in [0.29, 0.717) is 5.56 Å². The van der Waals surface area contributed by atoms with E-state index in [-0.39, 0.29) is 0 Å². The number of benzene rings is 1. The lowest BCUT2D eigenvalue weighted by molar-refractivity contribution is 0.0792. The first-order valence-electron chi connectivity index (χ1n) is 4.43. The Kier molecular flexibility index (Phi) is 4.44. The van der Waals surface area contributed by atoms with Crippen molar-refractivity contribution < 1.29 is 9.90 Å². The minimum atomic E-state index is -1.94. The van der Waals surface area contributed by atoms with Crippen LogP contribution in [-0.2, 0) is 0 Å². The lowest BCUT2D eigenvalue weighted by Gasteiger charge is -2.19. The predicted molar refractivity (Wildman–Crippen MR) is 64.9 cm³/mol. The first-order chi connectivity index (χ1) is 7.30. The first kappa shape index (κ1) is 13.6. The van der Waals surface area contributed by atoms with Gasteiger partial charge in [-0.3, -0.25) is 4.79 Å². The number of carbonyl (C=O) groups excluding carboxylic acids is 1. The van der Waals surface area contributed by atoms with Gasteiger partial charge < -0.3 is 10.4 Å². The summed E-state index contributed by atoms with van der Waals surface area (Å²) in [6.07, 6.45) is -1.55. The fraction of sp³-hybridized carbons (Fsp3) is 0.300. The van der Waals surface area contributed by atoms with Gasteiger partial charge >= 0.3 is 0 Å². The summed E-state index contributed by atoms with van der Waals surface area (Å²) >= 11 is 16.2. The first-order valence-corrected chi connectivity index (χ1v) is 5.56. The molecule has 0 spiro atoms. The summed E-state index contributed by atoms with van der Waals surface area (Å²) in [4.78, 5) is 11.6. The average Bonchev–Trinajstić information content (AvgIpc) is 2.17. The highest BCUT2D eigenvalue weighted by Crippen LogP contribution is 2.28. The van der Waals surface area contributed by atoms with Crippen molar-refractivity contribution in [3.05, 3.63) is 35.4 Å². The molecule has 1 rings (SSSR count). The van der Waals surface area contributed by atoms with E-state index in [4.69, 9.17) is 34.8 Å². The summed E-state index contributed by atoms with van der Waals surface area (Å²) in [5.41, 5.74) is 1.41. The third-order valence-electron chi connectivity index (χ3n) is 1.89. The van der Waals surface area contributed by atoms with E-state index < -0.39 is 15.9 Å². The molecule has 1 amide bonds. The van der Waals surface area contributed by atoms with Crippen LogP contribution >= 0.6 is 34.8 Å². The Labute approximate surface area is 108 Å². The highest BCUT2D eigenvalue weighted by Gasteiger charge is 2.32. The molecule has 0 aliphatic heterocycles. The average molecular weight is 283 g/mol. The fourth-order valence-corrected chi connectivity index (χ4v) is 1.16. The number of nitrogens with one attached hydrogen (secondary N) is 1. The third-order valence-corrected chi connectivity index (χ3v) is 2.51. The van der Waals surface area contributed by atoms with Gasteiger partial charge in [0.15, 0.2) is 6.23 Å². The van der Waals surface area contributed by atoms with Crippen LogP contribution in [0.5, 0.6) is 0 Å². The van der Waals surface area contributed by atoms with E-state index in [1.165, 1.54) is 0 Å². The molecule has 2 N–H and O–H groups in total. The Balaban J connectivity index is 2.70. The number of halogens is 3. The number of aliphatic hydroxyl groups is 1. The lowest BCUT2D eigenvalue weighted by atomic mass is 10.1. The van der Waals surface area contributed by atoms with Crippen LogP contribution in [0.3, 0.4) is 0 Å². The molecule has 0 heterocycles. The van der Waals surface area contributed by atoms with Crippen molar-refractivity contribution in [2.75, 3.05) is 0 Å². The number of aryl methyl sites for hydroxylation is 1. The standard InChI is InChI=1S/C10H10Cl3NO2/c1-6-2-4-7(5-3-6)8(15)14-9(16)10(11,12)13/h2-5,9,16H,1H3,(H,14,15)/t9-/m0/s1. The van der Waals surface area contributed by atoms with Crippen LogP contribution in [0, 0.1) is 6.92 Å². The Bertz CT molecular complexity index is 373. The SMILES string of the molecule is Cc1ccc(C(=O)N[C@@H](O)C(Cl)(Cl)Cl)cc1. The van der Waals surface area contributed by atoms with Gasteiger partial charge in [0, 0.05) is 5.56 Å². The fourth-order valence-electron chi connectivity index (χ4n) is 0.994. The molecule has 6 heteroatoms. The zero-order valence-electron chi connectivity index (χ0n) is 8.38. The molecule has 0 radical (unpaired) electrons. The van der Waals surface area contributed by atoms with E-state index in [9.17, 15) is 9.90 Å².